The molecule has 2 rings (SSSR count). The molecule has 1 saturated heterocycles. The molecule has 0 unspecified atom stereocenters. The molecule has 0 bridgehead atoms. The molecular formula is C11H21NO. The molecule has 1 aliphatic carbocycles. The van der Waals surface area contributed by atoms with Crippen LogP contribution in [0.15, 0.2) is 0 Å². The standard InChI is InChI=1S/C11H21NO/c1-10(2)6-12(7-10)8-11(4-5-11)9-13-3/h4-9H2,1-3H3. The van der Waals surface area contributed by atoms with Gasteiger partial charge in [0.15, 0.2) is 0 Å². The second-order valence-corrected chi connectivity index (χ2v) is 5.74. The van der Waals surface area contributed by atoms with Crippen LogP contribution in [0.25, 0.3) is 0 Å². The van der Waals surface area contributed by atoms with Gasteiger partial charge in [-0.15, -0.1) is 0 Å². The molecule has 0 radical (unpaired) electrons. The van der Waals surface area contributed by atoms with Crippen LogP contribution in [0.2, 0.25) is 0 Å². The summed E-state index contributed by atoms with van der Waals surface area (Å²) < 4.78 is 5.26. The van der Waals surface area contributed by atoms with Crippen molar-refractivity contribution in [2.45, 2.75) is 26.7 Å². The van der Waals surface area contributed by atoms with Gasteiger partial charge in [0.2, 0.25) is 0 Å². The second kappa shape index (κ2) is 2.96. The van der Waals surface area contributed by atoms with E-state index in [9.17, 15) is 0 Å². The smallest absolute Gasteiger partial charge is 0.0530 e. The summed E-state index contributed by atoms with van der Waals surface area (Å²) in [6.45, 7) is 9.48. The maximum Gasteiger partial charge on any atom is 0.0530 e. The highest BCUT2D eigenvalue weighted by molar-refractivity contribution is 4.99. The van der Waals surface area contributed by atoms with Crippen LogP contribution in [0.5, 0.6) is 0 Å². The lowest BCUT2D eigenvalue weighted by molar-refractivity contribution is 0.000216. The third-order valence-corrected chi connectivity index (χ3v) is 3.27. The van der Waals surface area contributed by atoms with E-state index < -0.39 is 0 Å². The number of hydrogen-bond acceptors (Lipinski definition) is 2. The van der Waals surface area contributed by atoms with Crippen LogP contribution in [0.4, 0.5) is 0 Å². The van der Waals surface area contributed by atoms with E-state index in [1.807, 2.05) is 7.11 Å². The highest BCUT2D eigenvalue weighted by atomic mass is 16.5. The second-order valence-electron chi connectivity index (χ2n) is 5.74. The fraction of sp³-hybridized carbons (Fsp3) is 1.00. The molecule has 0 amide bonds. The van der Waals surface area contributed by atoms with Crippen LogP contribution in [0, 0.1) is 10.8 Å². The molecule has 2 fully saturated rings. The normalized spacial score (nSPS) is 29.8. The first kappa shape index (κ1) is 9.47. The Balaban J connectivity index is 1.74. The molecule has 0 aromatic carbocycles. The van der Waals surface area contributed by atoms with Crippen molar-refractivity contribution in [2.75, 3.05) is 33.4 Å². The molecule has 0 N–H and O–H groups in total. The van der Waals surface area contributed by atoms with Gasteiger partial charge in [-0.2, -0.15) is 0 Å². The quantitative estimate of drug-likeness (QED) is 0.658. The number of rotatable bonds is 4. The van der Waals surface area contributed by atoms with Gasteiger partial charge in [0.25, 0.3) is 0 Å². The van der Waals surface area contributed by atoms with Crippen LogP contribution in [0.3, 0.4) is 0 Å². The van der Waals surface area contributed by atoms with Gasteiger partial charge in [0.05, 0.1) is 6.61 Å². The number of likely N-dealkylation sites (tertiary alicyclic amines) is 1. The summed E-state index contributed by atoms with van der Waals surface area (Å²) in [6.07, 6.45) is 2.75. The first-order valence-corrected chi connectivity index (χ1v) is 5.27. The number of methoxy groups -OCH3 is 1. The summed E-state index contributed by atoms with van der Waals surface area (Å²) in [5, 5.41) is 0. The zero-order valence-corrected chi connectivity index (χ0v) is 9.10. The zero-order chi connectivity index (χ0) is 9.53. The Hall–Kier alpha value is -0.0800. The molecule has 13 heavy (non-hydrogen) atoms. The number of ether oxygens (including phenoxy) is 1. The Morgan fingerprint density at radius 3 is 2.23 bits per heavy atom. The average molecular weight is 183 g/mol. The van der Waals surface area contributed by atoms with E-state index in [0.29, 0.717) is 10.8 Å². The highest BCUT2D eigenvalue weighted by Gasteiger charge is 2.47. The van der Waals surface area contributed by atoms with Gasteiger partial charge in [-0.05, 0) is 18.3 Å². The van der Waals surface area contributed by atoms with Crippen LogP contribution in [0.1, 0.15) is 26.7 Å². The van der Waals surface area contributed by atoms with Crippen molar-refractivity contribution in [1.29, 1.82) is 0 Å². The van der Waals surface area contributed by atoms with Crippen molar-refractivity contribution < 1.29 is 4.74 Å². The van der Waals surface area contributed by atoms with Gasteiger partial charge < -0.3 is 9.64 Å². The minimum atomic E-state index is 0.547. The molecule has 0 aromatic rings. The summed E-state index contributed by atoms with van der Waals surface area (Å²) >= 11 is 0. The molecule has 2 aliphatic rings. The maximum atomic E-state index is 5.26. The lowest BCUT2D eigenvalue weighted by Crippen LogP contribution is -2.54. The molecule has 0 atom stereocenters. The first-order valence-electron chi connectivity index (χ1n) is 5.27. The summed E-state index contributed by atoms with van der Waals surface area (Å²) in [5.74, 6) is 0. The molecule has 2 heteroatoms. The number of hydrogen-bond donors (Lipinski definition) is 0. The van der Waals surface area contributed by atoms with Crippen LogP contribution in [-0.2, 0) is 4.74 Å². The van der Waals surface area contributed by atoms with Crippen molar-refractivity contribution in [2.24, 2.45) is 10.8 Å². The van der Waals surface area contributed by atoms with Gasteiger partial charge in [-0.3, -0.25) is 0 Å². The maximum absolute atomic E-state index is 5.26. The molecule has 1 saturated carbocycles. The predicted octanol–water partition coefficient (Wildman–Crippen LogP) is 1.75. The Labute approximate surface area is 81.3 Å². The van der Waals surface area contributed by atoms with Crippen molar-refractivity contribution in [1.82, 2.24) is 4.90 Å². The van der Waals surface area contributed by atoms with Crippen molar-refractivity contribution >= 4 is 0 Å². The van der Waals surface area contributed by atoms with Gasteiger partial charge in [0.1, 0.15) is 0 Å². The molecular weight excluding hydrogens is 162 g/mol. The molecule has 2 nitrogen and oxygen atoms in total. The Kier molecular flexibility index (Phi) is 2.16. The first-order chi connectivity index (χ1) is 6.05. The van der Waals surface area contributed by atoms with Crippen LogP contribution < -0.4 is 0 Å². The van der Waals surface area contributed by atoms with Crippen LogP contribution >= 0.6 is 0 Å². The van der Waals surface area contributed by atoms with E-state index in [1.165, 1.54) is 32.5 Å². The van der Waals surface area contributed by atoms with Gasteiger partial charge >= 0.3 is 0 Å². The molecule has 0 aromatic heterocycles. The predicted molar refractivity (Wildman–Crippen MR) is 53.8 cm³/mol. The van der Waals surface area contributed by atoms with Crippen molar-refractivity contribution in [3.8, 4) is 0 Å². The molecule has 0 spiro atoms. The Morgan fingerprint density at radius 1 is 1.23 bits per heavy atom. The van der Waals surface area contributed by atoms with E-state index in [2.05, 4.69) is 18.7 Å². The zero-order valence-electron chi connectivity index (χ0n) is 9.10. The Bertz CT molecular complexity index is 188. The van der Waals surface area contributed by atoms with Crippen LogP contribution in [-0.4, -0.2) is 38.3 Å². The number of nitrogens with zero attached hydrogens (tertiary/aromatic N) is 1. The minimum absolute atomic E-state index is 0.547. The fourth-order valence-electron chi connectivity index (χ4n) is 2.58. The van der Waals surface area contributed by atoms with Gasteiger partial charge in [-0.25, -0.2) is 0 Å². The lowest BCUT2D eigenvalue weighted by Gasteiger charge is -2.47. The van der Waals surface area contributed by atoms with E-state index in [4.69, 9.17) is 4.74 Å². The third-order valence-electron chi connectivity index (χ3n) is 3.27. The topological polar surface area (TPSA) is 12.5 Å². The molecule has 1 heterocycles. The van der Waals surface area contributed by atoms with E-state index in [0.717, 1.165) is 6.61 Å². The van der Waals surface area contributed by atoms with E-state index in [1.54, 1.807) is 0 Å². The van der Waals surface area contributed by atoms with Gasteiger partial charge in [-0.1, -0.05) is 13.8 Å². The molecule has 76 valence electrons. The van der Waals surface area contributed by atoms with Gasteiger partial charge in [0, 0.05) is 32.2 Å². The van der Waals surface area contributed by atoms with E-state index in [-0.39, 0.29) is 0 Å². The monoisotopic (exact) mass is 183 g/mol. The fourth-order valence-corrected chi connectivity index (χ4v) is 2.58. The summed E-state index contributed by atoms with van der Waals surface area (Å²) in [7, 11) is 1.82. The van der Waals surface area contributed by atoms with Crippen molar-refractivity contribution in [3.63, 3.8) is 0 Å². The lowest BCUT2D eigenvalue weighted by atomic mass is 9.83. The minimum Gasteiger partial charge on any atom is -0.384 e. The molecule has 1 aliphatic heterocycles. The summed E-state index contributed by atoms with van der Waals surface area (Å²) in [4.78, 5) is 2.58. The largest absolute Gasteiger partial charge is 0.384 e. The Morgan fingerprint density at radius 2 is 1.85 bits per heavy atom. The van der Waals surface area contributed by atoms with Crippen molar-refractivity contribution in [3.05, 3.63) is 0 Å². The highest BCUT2D eigenvalue weighted by Crippen LogP contribution is 2.48. The SMILES string of the molecule is COCC1(CN2CC(C)(C)C2)CC1. The van der Waals surface area contributed by atoms with E-state index >= 15 is 0 Å². The summed E-state index contributed by atoms with van der Waals surface area (Å²) in [6, 6.07) is 0. The summed E-state index contributed by atoms with van der Waals surface area (Å²) in [5.41, 5.74) is 1.12. The average Bonchev–Trinajstić information content (AvgIpc) is 2.66. The third kappa shape index (κ3) is 2.05.